The second-order valence-corrected chi connectivity index (χ2v) is 4.69. The summed E-state index contributed by atoms with van der Waals surface area (Å²) >= 11 is 0. The highest BCUT2D eigenvalue weighted by Gasteiger charge is 2.21. The Labute approximate surface area is 102 Å². The summed E-state index contributed by atoms with van der Waals surface area (Å²) < 4.78 is 10.7. The highest BCUT2D eigenvalue weighted by molar-refractivity contribution is 4.97. The molecule has 1 aliphatic rings. The third-order valence-corrected chi connectivity index (χ3v) is 3.29. The monoisotopic (exact) mass is 239 g/mol. The zero-order chi connectivity index (χ0) is 12.1. The van der Waals surface area contributed by atoms with Crippen molar-refractivity contribution >= 4 is 0 Å². The van der Waals surface area contributed by atoms with Crippen molar-refractivity contribution in [3.8, 4) is 0 Å². The Kier molecular flexibility index (Phi) is 4.50. The third kappa shape index (κ3) is 3.51. The van der Waals surface area contributed by atoms with E-state index >= 15 is 0 Å². The first-order valence-corrected chi connectivity index (χ1v) is 6.37. The van der Waals surface area contributed by atoms with Gasteiger partial charge in [-0.3, -0.25) is 0 Å². The summed E-state index contributed by atoms with van der Waals surface area (Å²) in [5.74, 6) is 1.88. The van der Waals surface area contributed by atoms with E-state index in [1.165, 1.54) is 0 Å². The van der Waals surface area contributed by atoms with E-state index < -0.39 is 0 Å². The SMILES string of the molecule is CNC(C)CCc1nc(C2CCCOC2)no1. The van der Waals surface area contributed by atoms with E-state index in [9.17, 15) is 0 Å². The van der Waals surface area contributed by atoms with Gasteiger partial charge < -0.3 is 14.6 Å². The Bertz CT molecular complexity index is 334. The van der Waals surface area contributed by atoms with Crippen LogP contribution in [0.4, 0.5) is 0 Å². The molecule has 5 heteroatoms. The fraction of sp³-hybridized carbons (Fsp3) is 0.833. The summed E-state index contributed by atoms with van der Waals surface area (Å²) in [6, 6.07) is 0.475. The van der Waals surface area contributed by atoms with Crippen LogP contribution >= 0.6 is 0 Å². The predicted molar refractivity (Wildman–Crippen MR) is 63.9 cm³/mol. The molecule has 2 unspecified atom stereocenters. The first kappa shape index (κ1) is 12.5. The van der Waals surface area contributed by atoms with Gasteiger partial charge in [-0.25, -0.2) is 0 Å². The topological polar surface area (TPSA) is 60.2 Å². The highest BCUT2D eigenvalue weighted by atomic mass is 16.5. The lowest BCUT2D eigenvalue weighted by Gasteiger charge is -2.18. The van der Waals surface area contributed by atoms with Crippen molar-refractivity contribution in [2.75, 3.05) is 20.3 Å². The molecular weight excluding hydrogens is 218 g/mol. The minimum Gasteiger partial charge on any atom is -0.381 e. The molecule has 5 nitrogen and oxygen atoms in total. The van der Waals surface area contributed by atoms with E-state index in [1.807, 2.05) is 7.05 Å². The minimum absolute atomic E-state index is 0.322. The lowest BCUT2D eigenvalue weighted by atomic mass is 10.0. The van der Waals surface area contributed by atoms with Gasteiger partial charge in [0.25, 0.3) is 0 Å². The molecule has 2 rings (SSSR count). The van der Waals surface area contributed by atoms with Crippen molar-refractivity contribution in [1.82, 2.24) is 15.5 Å². The summed E-state index contributed by atoms with van der Waals surface area (Å²) in [5, 5.41) is 7.25. The zero-order valence-electron chi connectivity index (χ0n) is 10.6. The molecule has 0 radical (unpaired) electrons. The van der Waals surface area contributed by atoms with E-state index in [2.05, 4.69) is 22.4 Å². The number of hydrogen-bond donors (Lipinski definition) is 1. The first-order valence-electron chi connectivity index (χ1n) is 6.37. The number of nitrogens with zero attached hydrogens (tertiary/aromatic N) is 2. The van der Waals surface area contributed by atoms with Gasteiger partial charge in [-0.2, -0.15) is 4.98 Å². The number of aryl methyl sites for hydroxylation is 1. The number of hydrogen-bond acceptors (Lipinski definition) is 5. The molecule has 0 aromatic carbocycles. The molecule has 0 amide bonds. The predicted octanol–water partition coefficient (Wildman–Crippen LogP) is 1.50. The van der Waals surface area contributed by atoms with E-state index in [0.29, 0.717) is 12.0 Å². The first-order chi connectivity index (χ1) is 8.29. The third-order valence-electron chi connectivity index (χ3n) is 3.29. The lowest BCUT2D eigenvalue weighted by molar-refractivity contribution is 0.0773. The molecule has 1 aromatic heterocycles. The van der Waals surface area contributed by atoms with Gasteiger partial charge in [-0.1, -0.05) is 5.16 Å². The molecule has 1 saturated heterocycles. The number of rotatable bonds is 5. The molecule has 0 saturated carbocycles. The van der Waals surface area contributed by atoms with Crippen LogP contribution in [0.3, 0.4) is 0 Å². The molecule has 1 N–H and O–H groups in total. The molecule has 2 atom stereocenters. The Balaban J connectivity index is 1.86. The smallest absolute Gasteiger partial charge is 0.226 e. The Morgan fingerprint density at radius 3 is 3.12 bits per heavy atom. The van der Waals surface area contributed by atoms with Crippen molar-refractivity contribution < 1.29 is 9.26 Å². The van der Waals surface area contributed by atoms with Gasteiger partial charge in [0.15, 0.2) is 5.82 Å². The van der Waals surface area contributed by atoms with E-state index in [0.717, 1.165) is 50.6 Å². The Hall–Kier alpha value is -0.940. The van der Waals surface area contributed by atoms with Crippen molar-refractivity contribution in [3.05, 3.63) is 11.7 Å². The molecule has 2 heterocycles. The Morgan fingerprint density at radius 2 is 2.41 bits per heavy atom. The van der Waals surface area contributed by atoms with Crippen molar-refractivity contribution in [2.24, 2.45) is 0 Å². The fourth-order valence-corrected chi connectivity index (χ4v) is 1.96. The summed E-state index contributed by atoms with van der Waals surface area (Å²) in [5.41, 5.74) is 0. The van der Waals surface area contributed by atoms with Crippen LogP contribution in [-0.2, 0) is 11.2 Å². The van der Waals surface area contributed by atoms with Crippen LogP contribution in [0.15, 0.2) is 4.52 Å². The van der Waals surface area contributed by atoms with E-state index in [1.54, 1.807) is 0 Å². The largest absolute Gasteiger partial charge is 0.381 e. The van der Waals surface area contributed by atoms with Crippen LogP contribution in [0.5, 0.6) is 0 Å². The molecule has 0 spiro atoms. The molecule has 96 valence electrons. The van der Waals surface area contributed by atoms with Gasteiger partial charge in [0.05, 0.1) is 6.61 Å². The second-order valence-electron chi connectivity index (χ2n) is 4.69. The van der Waals surface area contributed by atoms with Gasteiger partial charge in [0.2, 0.25) is 5.89 Å². The standard InChI is InChI=1S/C12H21N3O2/c1-9(13-2)5-6-11-14-12(15-17-11)10-4-3-7-16-8-10/h9-10,13H,3-8H2,1-2H3. The minimum atomic E-state index is 0.322. The van der Waals surface area contributed by atoms with Crippen molar-refractivity contribution in [3.63, 3.8) is 0 Å². The summed E-state index contributed by atoms with van der Waals surface area (Å²) in [6.07, 6.45) is 4.04. The average molecular weight is 239 g/mol. The van der Waals surface area contributed by atoms with E-state index in [-0.39, 0.29) is 0 Å². The van der Waals surface area contributed by atoms with Crippen LogP contribution in [0.1, 0.15) is 43.8 Å². The molecule has 1 aromatic rings. The van der Waals surface area contributed by atoms with Gasteiger partial charge in [0, 0.05) is 25.0 Å². The van der Waals surface area contributed by atoms with Crippen molar-refractivity contribution in [2.45, 2.75) is 44.6 Å². The van der Waals surface area contributed by atoms with Crippen LogP contribution in [0.2, 0.25) is 0 Å². The fourth-order valence-electron chi connectivity index (χ4n) is 1.96. The molecule has 17 heavy (non-hydrogen) atoms. The van der Waals surface area contributed by atoms with Crippen LogP contribution < -0.4 is 5.32 Å². The van der Waals surface area contributed by atoms with Gasteiger partial charge >= 0.3 is 0 Å². The van der Waals surface area contributed by atoms with Gasteiger partial charge in [0.1, 0.15) is 0 Å². The van der Waals surface area contributed by atoms with E-state index in [4.69, 9.17) is 9.26 Å². The summed E-state index contributed by atoms with van der Waals surface area (Å²) in [6.45, 7) is 3.74. The molecular formula is C12H21N3O2. The van der Waals surface area contributed by atoms with Gasteiger partial charge in [-0.05, 0) is 33.2 Å². The molecule has 1 fully saturated rings. The number of nitrogens with one attached hydrogen (secondary N) is 1. The zero-order valence-corrected chi connectivity index (χ0v) is 10.6. The molecule has 1 aliphatic heterocycles. The van der Waals surface area contributed by atoms with Gasteiger partial charge in [-0.15, -0.1) is 0 Å². The lowest BCUT2D eigenvalue weighted by Crippen LogP contribution is -2.21. The Morgan fingerprint density at radius 1 is 1.53 bits per heavy atom. The molecule has 0 aliphatic carbocycles. The number of ether oxygens (including phenoxy) is 1. The normalized spacial score (nSPS) is 22.6. The summed E-state index contributed by atoms with van der Waals surface area (Å²) in [4.78, 5) is 4.45. The highest BCUT2D eigenvalue weighted by Crippen LogP contribution is 2.23. The maximum absolute atomic E-state index is 5.43. The summed E-state index contributed by atoms with van der Waals surface area (Å²) in [7, 11) is 1.96. The maximum atomic E-state index is 5.43. The van der Waals surface area contributed by atoms with Crippen LogP contribution in [0.25, 0.3) is 0 Å². The average Bonchev–Trinajstić information content (AvgIpc) is 2.86. The van der Waals surface area contributed by atoms with Crippen molar-refractivity contribution in [1.29, 1.82) is 0 Å². The molecule has 0 bridgehead atoms. The second kappa shape index (κ2) is 6.12. The number of aromatic nitrogens is 2. The quantitative estimate of drug-likeness (QED) is 0.844. The van der Waals surface area contributed by atoms with Crippen LogP contribution in [0, 0.1) is 0 Å². The van der Waals surface area contributed by atoms with Crippen LogP contribution in [-0.4, -0.2) is 36.4 Å². The maximum Gasteiger partial charge on any atom is 0.226 e.